The average Bonchev–Trinajstić information content (AvgIpc) is 1.67. The van der Waals surface area contributed by atoms with E-state index in [1.807, 2.05) is 6.92 Å². The summed E-state index contributed by atoms with van der Waals surface area (Å²) in [7, 11) is 0. The van der Waals surface area contributed by atoms with E-state index in [4.69, 9.17) is 11.5 Å². The molecule has 0 aliphatic carbocycles. The van der Waals surface area contributed by atoms with Gasteiger partial charge in [0.2, 0.25) is 118 Å². The van der Waals surface area contributed by atoms with E-state index >= 15 is 0 Å². The van der Waals surface area contributed by atoms with Gasteiger partial charge in [0.1, 0.15) is 90.6 Å². The molecule has 0 unspecified atom stereocenters. The summed E-state index contributed by atoms with van der Waals surface area (Å²) in [5.41, 5.74) is 11.4. The van der Waals surface area contributed by atoms with E-state index in [1.165, 1.54) is 48.5 Å². The van der Waals surface area contributed by atoms with Gasteiger partial charge in [0.15, 0.2) is 0 Å². The van der Waals surface area contributed by atoms with E-state index in [2.05, 4.69) is 90.4 Å². The van der Waals surface area contributed by atoms with E-state index in [9.17, 15) is 126 Å². The van der Waals surface area contributed by atoms with Crippen LogP contribution in [0.3, 0.4) is 0 Å². The Hall–Kier alpha value is -11.8. The SMILES string of the molecule is CC[C@H](C)[C@H](N)C(=O)N[C@@H](C)C(=O)N[C@H](C(=O)NCC(=O)NCC(=O)N[C@@H](C)C(=O)N[C@@H](C)C(=O)N[C@H](C(=O)NCC(=O)N[C@H](C(=O)N[C@@H](C)C(=O)N[C@@H](C)C(=O)N[C@H](C(=O)N[C@@H](CC(C)C)C(=O)N[C@H](C(=O)N[C@@H](CC(=O)O)C(=O)NCC(=O)N[C@@H](CC(N)=O)C(=O)N1CCC[C@H]1C(=O)N1CCC[C@H]1C(=O)O)[C@@H](C)O)C(C)C)[C@@H](C)CC)[C@@H](C)O)[C@@H](C)CC. The van der Waals surface area contributed by atoms with Crippen molar-refractivity contribution in [1.29, 1.82) is 0 Å². The van der Waals surface area contributed by atoms with Crippen LogP contribution in [0, 0.1) is 29.6 Å². The quantitative estimate of drug-likeness (QED) is 0.0269. The molecule has 125 heavy (non-hydrogen) atoms. The van der Waals surface area contributed by atoms with Crippen molar-refractivity contribution in [2.45, 2.75) is 291 Å². The largest absolute Gasteiger partial charge is 0.481 e. The summed E-state index contributed by atoms with van der Waals surface area (Å²) in [6.45, 7) is 22.3. The highest BCUT2D eigenvalue weighted by Crippen LogP contribution is 2.26. The molecule has 0 aromatic carbocycles. The van der Waals surface area contributed by atoms with Crippen molar-refractivity contribution in [3.05, 3.63) is 0 Å². The van der Waals surface area contributed by atoms with Crippen LogP contribution in [0.5, 0.6) is 0 Å². The van der Waals surface area contributed by atoms with Crippen LogP contribution in [-0.4, -0.2) is 308 Å². The van der Waals surface area contributed by atoms with Gasteiger partial charge in [-0.2, -0.15) is 0 Å². The van der Waals surface area contributed by atoms with E-state index < -0.39 is 296 Å². The fourth-order valence-electron chi connectivity index (χ4n) is 12.8. The number of rotatable bonds is 52. The Morgan fingerprint density at radius 1 is 0.352 bits per heavy atom. The third-order valence-electron chi connectivity index (χ3n) is 21.1. The topological polar surface area (TPSA) is 719 Å². The lowest BCUT2D eigenvalue weighted by atomic mass is 9.97. The monoisotopic (exact) mass is 1780 g/mol. The minimum Gasteiger partial charge on any atom is -0.481 e. The van der Waals surface area contributed by atoms with Crippen molar-refractivity contribution < 1.29 is 126 Å². The molecule has 2 saturated heterocycles. The molecule has 704 valence electrons. The molecule has 25 N–H and O–H groups in total. The van der Waals surface area contributed by atoms with Crippen molar-refractivity contribution in [3.8, 4) is 0 Å². The summed E-state index contributed by atoms with van der Waals surface area (Å²) < 4.78 is 0. The van der Waals surface area contributed by atoms with Gasteiger partial charge in [-0.1, -0.05) is 88.5 Å². The van der Waals surface area contributed by atoms with Crippen molar-refractivity contribution in [1.82, 2.24) is 100 Å². The zero-order valence-corrected chi connectivity index (χ0v) is 73.9. The minimum absolute atomic E-state index is 0.00939. The van der Waals surface area contributed by atoms with Gasteiger partial charge in [-0.25, -0.2) is 4.79 Å². The molecule has 20 amide bonds. The third kappa shape index (κ3) is 36.1. The highest BCUT2D eigenvalue weighted by molar-refractivity contribution is 6.02. The van der Waals surface area contributed by atoms with Crippen LogP contribution < -0.4 is 102 Å². The number of aliphatic hydroxyl groups excluding tert-OH is 2. The first-order valence-electron chi connectivity index (χ1n) is 41.7. The number of carbonyl (C=O) groups excluding carboxylic acids is 20. The molecular weight excluding hydrogens is 1650 g/mol. The first-order valence-corrected chi connectivity index (χ1v) is 41.7. The van der Waals surface area contributed by atoms with E-state index in [-0.39, 0.29) is 50.6 Å². The van der Waals surface area contributed by atoms with Gasteiger partial charge in [0.05, 0.1) is 57.3 Å². The van der Waals surface area contributed by atoms with Gasteiger partial charge in [-0.05, 0) is 110 Å². The first-order chi connectivity index (χ1) is 58.2. The van der Waals surface area contributed by atoms with Crippen LogP contribution in [0.1, 0.15) is 182 Å². The van der Waals surface area contributed by atoms with Crippen LogP contribution >= 0.6 is 0 Å². The minimum atomic E-state index is -2.01. The highest BCUT2D eigenvalue weighted by atomic mass is 16.4. The summed E-state index contributed by atoms with van der Waals surface area (Å²) in [6, 6.07) is -22.6. The van der Waals surface area contributed by atoms with Gasteiger partial charge in [-0.15, -0.1) is 0 Å². The smallest absolute Gasteiger partial charge is 0.326 e. The molecule has 2 aliphatic heterocycles. The number of carbonyl (C=O) groups is 22. The zero-order valence-electron chi connectivity index (χ0n) is 73.9. The van der Waals surface area contributed by atoms with Crippen LogP contribution in [0.2, 0.25) is 0 Å². The number of nitrogens with one attached hydrogen (secondary N) is 17. The molecule has 0 radical (unpaired) electrons. The molecule has 2 rings (SSSR count). The number of aliphatic carboxylic acids is 2. The number of hydrogen-bond acceptors (Lipinski definition) is 25. The summed E-state index contributed by atoms with van der Waals surface area (Å²) in [5.74, 6) is -24.0. The second-order valence-electron chi connectivity index (χ2n) is 32.4. The lowest BCUT2D eigenvalue weighted by molar-refractivity contribution is -0.152. The normalized spacial score (nSPS) is 18.2. The van der Waals surface area contributed by atoms with Crippen LogP contribution in [0.15, 0.2) is 0 Å². The van der Waals surface area contributed by atoms with Crippen molar-refractivity contribution in [3.63, 3.8) is 0 Å². The Morgan fingerprint density at radius 2 is 0.720 bits per heavy atom. The zero-order chi connectivity index (χ0) is 95.5. The molecule has 47 heteroatoms. The lowest BCUT2D eigenvalue weighted by Gasteiger charge is -2.32. The van der Waals surface area contributed by atoms with E-state index in [1.54, 1.807) is 48.5 Å². The number of carboxylic acids is 2. The number of aliphatic hydroxyl groups is 2. The Labute approximate surface area is 724 Å². The molecule has 2 aliphatic rings. The fraction of sp³-hybridized carbons (Fsp3) is 0.718. The maximum Gasteiger partial charge on any atom is 0.326 e. The number of carboxylic acid groups (broad SMARTS) is 2. The summed E-state index contributed by atoms with van der Waals surface area (Å²) in [5, 5.41) is 80.9. The number of nitrogens with two attached hydrogens (primary N) is 2. The molecule has 0 spiro atoms. The van der Waals surface area contributed by atoms with Crippen molar-refractivity contribution in [2.24, 2.45) is 41.1 Å². The van der Waals surface area contributed by atoms with Crippen LogP contribution in [0.25, 0.3) is 0 Å². The molecule has 0 bridgehead atoms. The lowest BCUT2D eigenvalue weighted by Crippen LogP contribution is -2.62. The van der Waals surface area contributed by atoms with Crippen molar-refractivity contribution in [2.75, 3.05) is 39.3 Å². The van der Waals surface area contributed by atoms with Crippen LogP contribution in [-0.2, 0) is 105 Å². The molecule has 21 atom stereocenters. The fourth-order valence-corrected chi connectivity index (χ4v) is 12.8. The maximum absolute atomic E-state index is 14.1. The number of likely N-dealkylation sites (tertiary alicyclic amines) is 2. The number of amides is 20. The molecule has 0 saturated carbocycles. The Balaban J connectivity index is 2.04. The predicted octanol–water partition coefficient (Wildman–Crippen LogP) is -8.80. The molecule has 2 heterocycles. The molecule has 47 nitrogen and oxygen atoms in total. The third-order valence-corrected chi connectivity index (χ3v) is 21.1. The first kappa shape index (κ1) is 109. The summed E-state index contributed by atoms with van der Waals surface area (Å²) >= 11 is 0. The summed E-state index contributed by atoms with van der Waals surface area (Å²) in [4.78, 5) is 293. The van der Waals surface area contributed by atoms with Gasteiger partial charge >= 0.3 is 11.9 Å². The molecule has 0 aromatic heterocycles. The van der Waals surface area contributed by atoms with E-state index in [0.717, 1.165) is 23.6 Å². The maximum atomic E-state index is 14.1. The number of hydrogen-bond donors (Lipinski definition) is 23. The van der Waals surface area contributed by atoms with E-state index in [0.29, 0.717) is 25.7 Å². The second-order valence-corrected chi connectivity index (χ2v) is 32.4. The Kier molecular flexibility index (Phi) is 46.1. The standard InChI is InChI=1S/C78H131N21O26/c1-18-36(8)57(80)70(116)88-43(15)66(112)95-59(37(9)19-2)71(117)83-30-52(103)81-31-53(104)85-39(11)63(109)86-42(14)67(113)96-61(44(16)100)72(118)84-33-55(106)93-60(38(10)20-3)74(120)89-40(12)64(110)87-41(13)65(111)94-58(35(6)7)73(119)91-46(27-34(4)5)69(115)97-62(45(17)101)75(121)92-47(29-56(107)108)68(114)82-32-54(105)90-48(28-51(79)102)76(122)98-25-21-23-49(98)77(123)99-26-22-24-50(99)78(124)125/h34-50,57-62,100-101H,18-33,80H2,1-17H3,(H2,79,102)(H,81,103)(H,82,114)(H,83,117)(H,84,118)(H,85,104)(H,86,109)(H,87,110)(H,88,116)(H,89,120)(H,90,105)(H,91,119)(H,92,121)(H,93,106)(H,94,111)(H,95,112)(H,96,113)(H,97,115)(H,107,108)(H,124,125)/t36-,37-,38-,39-,40-,41-,42-,43-,44+,45+,46-,47-,48-,49-,50-,57-,58-,59-,60-,61-,62-/m0/s1. The van der Waals surface area contributed by atoms with Crippen molar-refractivity contribution >= 4 is 130 Å². The number of primary amides is 1. The van der Waals surface area contributed by atoms with Gasteiger partial charge < -0.3 is 132 Å². The molecule has 2 fully saturated rings. The summed E-state index contributed by atoms with van der Waals surface area (Å²) in [6.07, 6.45) is -3.08. The van der Waals surface area contributed by atoms with Crippen LogP contribution in [0.4, 0.5) is 0 Å². The molecule has 0 aromatic rings. The average molecular weight is 1780 g/mol. The predicted molar refractivity (Wildman–Crippen MR) is 443 cm³/mol. The Bertz CT molecular complexity index is 3870. The highest BCUT2D eigenvalue weighted by Gasteiger charge is 2.45. The molecular formula is C78H131N21O26. The second kappa shape index (κ2) is 52.8. The van der Waals surface area contributed by atoms with Gasteiger partial charge in [0, 0.05) is 13.1 Å². The van der Waals surface area contributed by atoms with Gasteiger partial charge in [-0.3, -0.25) is 101 Å². The Morgan fingerprint density at radius 3 is 1.19 bits per heavy atom. The number of nitrogens with zero attached hydrogens (tertiary/aromatic N) is 2. The van der Waals surface area contributed by atoms with Gasteiger partial charge in [0.25, 0.3) is 0 Å².